The normalized spacial score (nSPS) is 21.5. The van der Waals surface area contributed by atoms with Gasteiger partial charge in [-0.05, 0) is 36.8 Å². The first-order chi connectivity index (χ1) is 14.2. The second-order valence-electron chi connectivity index (χ2n) is 9.80. The Labute approximate surface area is 177 Å². The Balaban J connectivity index is 1.60. The first kappa shape index (κ1) is 20.8. The number of piperazine rings is 1. The van der Waals surface area contributed by atoms with Gasteiger partial charge in [-0.15, -0.1) is 0 Å². The molecule has 8 nitrogen and oxygen atoms in total. The molecule has 2 aromatic rings. The number of pyridine rings is 1. The highest BCUT2D eigenvalue weighted by molar-refractivity contribution is 5.75. The second kappa shape index (κ2) is 7.63. The van der Waals surface area contributed by atoms with Crippen LogP contribution in [0.25, 0.3) is 11.2 Å². The predicted octanol–water partition coefficient (Wildman–Crippen LogP) is 2.98. The molecule has 5 rings (SSSR count). The molecule has 3 aliphatic heterocycles. The fourth-order valence-corrected chi connectivity index (χ4v) is 4.66. The van der Waals surface area contributed by atoms with Crippen LogP contribution in [-0.2, 0) is 18.3 Å². The topological polar surface area (TPSA) is 72.6 Å². The van der Waals surface area contributed by atoms with Crippen molar-refractivity contribution in [2.24, 2.45) is 12.5 Å². The van der Waals surface area contributed by atoms with E-state index in [4.69, 9.17) is 9.72 Å². The Morgan fingerprint density at radius 2 is 1.93 bits per heavy atom. The minimum absolute atomic E-state index is 0.00134. The van der Waals surface area contributed by atoms with Crippen LogP contribution in [0.3, 0.4) is 0 Å². The number of nitrogens with zero attached hydrogens (tertiary/aromatic N) is 5. The third kappa shape index (κ3) is 3.68. The predicted molar refractivity (Wildman–Crippen MR) is 117 cm³/mol. The van der Waals surface area contributed by atoms with Gasteiger partial charge in [0, 0.05) is 32.7 Å². The van der Waals surface area contributed by atoms with E-state index in [1.165, 1.54) is 0 Å². The smallest absolute Gasteiger partial charge is 0.410 e. The molecule has 2 unspecified atom stereocenters. The lowest BCUT2D eigenvalue weighted by atomic mass is 9.91. The number of rotatable bonds is 4. The molecule has 5 heterocycles. The van der Waals surface area contributed by atoms with Crippen molar-refractivity contribution in [2.45, 2.75) is 65.6 Å². The van der Waals surface area contributed by atoms with Crippen LogP contribution in [0.4, 0.5) is 10.6 Å². The summed E-state index contributed by atoms with van der Waals surface area (Å²) in [5, 5.41) is 0. The van der Waals surface area contributed by atoms with Gasteiger partial charge in [0.2, 0.25) is 0 Å². The van der Waals surface area contributed by atoms with Crippen LogP contribution >= 0.6 is 0 Å². The van der Waals surface area contributed by atoms with E-state index in [2.05, 4.69) is 25.7 Å². The summed E-state index contributed by atoms with van der Waals surface area (Å²) in [5.41, 5.74) is 1.55. The summed E-state index contributed by atoms with van der Waals surface area (Å²) in [7, 11) is 1.79. The Hall–Kier alpha value is -2.51. The summed E-state index contributed by atoms with van der Waals surface area (Å²) in [6.45, 7) is 10.9. The van der Waals surface area contributed by atoms with Gasteiger partial charge in [0.05, 0.1) is 18.2 Å². The van der Waals surface area contributed by atoms with Crippen LogP contribution < -0.4 is 10.6 Å². The molecule has 0 N–H and O–H groups in total. The standard InChI is InChI=1S/C22H33N5O3/c1-6-11-30-21(29)26-13-15-7-8-16(26)12-25(15)18-10-9-17-19(23-18)24(5)20(28)27(17)14-22(2,3)4/h9-10,15-16H,6-8,11-14H2,1-5H3. The molecule has 0 spiro atoms. The SMILES string of the molecule is CCCOC(=O)N1CC2CCC1CN2c1ccc2c(n1)n(C)c(=O)n2CC(C)(C)C. The number of anilines is 1. The highest BCUT2D eigenvalue weighted by Gasteiger charge is 2.42. The highest BCUT2D eigenvalue weighted by atomic mass is 16.6. The summed E-state index contributed by atoms with van der Waals surface area (Å²) in [4.78, 5) is 34.3. The summed E-state index contributed by atoms with van der Waals surface area (Å²) in [5.74, 6) is 0.877. The zero-order chi connectivity index (χ0) is 21.6. The quantitative estimate of drug-likeness (QED) is 0.768. The largest absolute Gasteiger partial charge is 0.449 e. The maximum Gasteiger partial charge on any atom is 0.410 e. The Morgan fingerprint density at radius 1 is 1.20 bits per heavy atom. The average Bonchev–Trinajstić information content (AvgIpc) is 2.95. The van der Waals surface area contributed by atoms with E-state index < -0.39 is 0 Å². The van der Waals surface area contributed by atoms with E-state index in [1.54, 1.807) is 11.6 Å². The number of aryl methyl sites for hydroxylation is 1. The van der Waals surface area contributed by atoms with Crippen molar-refractivity contribution < 1.29 is 9.53 Å². The molecule has 30 heavy (non-hydrogen) atoms. The van der Waals surface area contributed by atoms with E-state index >= 15 is 0 Å². The third-order valence-corrected chi connectivity index (χ3v) is 6.09. The van der Waals surface area contributed by atoms with E-state index in [9.17, 15) is 9.59 Å². The van der Waals surface area contributed by atoms with Crippen LogP contribution in [-0.4, -0.2) is 56.9 Å². The lowest BCUT2D eigenvalue weighted by Gasteiger charge is -2.51. The Bertz CT molecular complexity index is 1000. The third-order valence-electron chi connectivity index (χ3n) is 6.09. The number of aromatic nitrogens is 3. The monoisotopic (exact) mass is 415 g/mol. The van der Waals surface area contributed by atoms with Gasteiger partial charge in [0.25, 0.3) is 0 Å². The number of imidazole rings is 1. The van der Waals surface area contributed by atoms with Crippen LogP contribution in [0.5, 0.6) is 0 Å². The number of ether oxygens (including phenoxy) is 1. The summed E-state index contributed by atoms with van der Waals surface area (Å²) in [6.07, 6.45) is 2.66. The van der Waals surface area contributed by atoms with Crippen molar-refractivity contribution in [3.05, 3.63) is 22.6 Å². The lowest BCUT2D eigenvalue weighted by molar-refractivity contribution is 0.0543. The number of hydrogen-bond donors (Lipinski definition) is 0. The Morgan fingerprint density at radius 3 is 2.57 bits per heavy atom. The zero-order valence-corrected chi connectivity index (χ0v) is 18.7. The molecule has 1 amide bonds. The number of carbonyl (C=O) groups is 1. The van der Waals surface area contributed by atoms with Crippen molar-refractivity contribution in [3.63, 3.8) is 0 Å². The van der Waals surface area contributed by atoms with E-state index in [1.807, 2.05) is 28.5 Å². The molecule has 3 aliphatic rings. The zero-order valence-electron chi connectivity index (χ0n) is 18.7. The average molecular weight is 416 g/mol. The van der Waals surface area contributed by atoms with Gasteiger partial charge in [-0.25, -0.2) is 14.6 Å². The van der Waals surface area contributed by atoms with Gasteiger partial charge < -0.3 is 14.5 Å². The molecule has 164 valence electrons. The fourth-order valence-electron chi connectivity index (χ4n) is 4.66. The molecule has 0 aliphatic carbocycles. The van der Waals surface area contributed by atoms with Crippen molar-refractivity contribution in [3.8, 4) is 0 Å². The lowest BCUT2D eigenvalue weighted by Crippen LogP contribution is -2.64. The van der Waals surface area contributed by atoms with Crippen LogP contribution in [0, 0.1) is 5.41 Å². The Kier molecular flexibility index (Phi) is 5.28. The molecule has 0 aromatic carbocycles. The van der Waals surface area contributed by atoms with Gasteiger partial charge in [-0.1, -0.05) is 27.7 Å². The van der Waals surface area contributed by atoms with Crippen LogP contribution in [0.2, 0.25) is 0 Å². The number of fused-ring (bicyclic) bond motifs is 4. The summed E-state index contributed by atoms with van der Waals surface area (Å²) < 4.78 is 8.82. The van der Waals surface area contributed by atoms with Crippen molar-refractivity contribution in [1.29, 1.82) is 0 Å². The number of piperidine rings is 2. The molecule has 2 atom stereocenters. The highest BCUT2D eigenvalue weighted by Crippen LogP contribution is 2.33. The number of carbonyl (C=O) groups excluding carboxylic acids is 1. The molecular formula is C22H33N5O3. The molecule has 8 heteroatoms. The minimum Gasteiger partial charge on any atom is -0.449 e. The summed E-state index contributed by atoms with van der Waals surface area (Å²) in [6, 6.07) is 4.40. The molecule has 2 aromatic heterocycles. The maximum atomic E-state index is 12.8. The first-order valence-electron chi connectivity index (χ1n) is 11.0. The number of hydrogen-bond acceptors (Lipinski definition) is 5. The van der Waals surface area contributed by atoms with Crippen LogP contribution in [0.15, 0.2) is 16.9 Å². The van der Waals surface area contributed by atoms with Gasteiger partial charge >= 0.3 is 11.8 Å². The van der Waals surface area contributed by atoms with E-state index in [0.29, 0.717) is 25.3 Å². The second-order valence-corrected chi connectivity index (χ2v) is 9.80. The van der Waals surface area contributed by atoms with E-state index in [-0.39, 0.29) is 29.3 Å². The van der Waals surface area contributed by atoms with Crippen molar-refractivity contribution >= 4 is 23.1 Å². The van der Waals surface area contributed by atoms with Crippen LogP contribution in [0.1, 0.15) is 47.0 Å². The fraction of sp³-hybridized carbons (Fsp3) is 0.682. The van der Waals surface area contributed by atoms with Gasteiger partial charge in [-0.3, -0.25) is 9.13 Å². The molecule has 3 fully saturated rings. The van der Waals surface area contributed by atoms with Gasteiger partial charge in [-0.2, -0.15) is 0 Å². The van der Waals surface area contributed by atoms with Crippen molar-refractivity contribution in [1.82, 2.24) is 19.0 Å². The number of amides is 1. The van der Waals surface area contributed by atoms with Gasteiger partial charge in [0.15, 0.2) is 5.65 Å². The summed E-state index contributed by atoms with van der Waals surface area (Å²) >= 11 is 0. The van der Waals surface area contributed by atoms with Gasteiger partial charge in [0.1, 0.15) is 5.82 Å². The molecular weight excluding hydrogens is 382 g/mol. The molecule has 0 saturated carbocycles. The molecule has 0 radical (unpaired) electrons. The minimum atomic E-state index is -0.198. The molecule has 2 bridgehead atoms. The van der Waals surface area contributed by atoms with E-state index in [0.717, 1.165) is 37.1 Å². The first-order valence-corrected chi connectivity index (χ1v) is 11.0. The maximum absolute atomic E-state index is 12.8. The molecule has 3 saturated heterocycles. The van der Waals surface area contributed by atoms with Crippen molar-refractivity contribution in [2.75, 3.05) is 24.6 Å².